The zero-order valence-corrected chi connectivity index (χ0v) is 16.0. The number of nitrogens with zero attached hydrogens (tertiary/aromatic N) is 1. The fourth-order valence-electron chi connectivity index (χ4n) is 3.10. The van der Waals surface area contributed by atoms with Gasteiger partial charge in [0.2, 0.25) is 0 Å². The van der Waals surface area contributed by atoms with Crippen LogP contribution in [-0.4, -0.2) is 37.7 Å². The van der Waals surface area contributed by atoms with E-state index in [9.17, 15) is 9.59 Å². The Morgan fingerprint density at radius 2 is 2.15 bits per heavy atom. The van der Waals surface area contributed by atoms with E-state index in [0.717, 1.165) is 18.4 Å². The van der Waals surface area contributed by atoms with Gasteiger partial charge in [-0.2, -0.15) is 11.3 Å². The van der Waals surface area contributed by atoms with Crippen LogP contribution in [0, 0.1) is 0 Å². The lowest BCUT2D eigenvalue weighted by molar-refractivity contribution is 0.0597. The normalized spacial score (nSPS) is 16.4. The first-order chi connectivity index (χ1) is 12.5. The van der Waals surface area contributed by atoms with Crippen molar-refractivity contribution < 1.29 is 19.1 Å². The molecule has 1 atom stereocenters. The highest BCUT2D eigenvalue weighted by atomic mass is 35.5. The number of urea groups is 1. The van der Waals surface area contributed by atoms with Crippen LogP contribution in [0.5, 0.6) is 5.75 Å². The Hall–Kier alpha value is -2.25. The number of nitrogens with one attached hydrogen (secondary N) is 1. The average molecular weight is 395 g/mol. The summed E-state index contributed by atoms with van der Waals surface area (Å²) in [6.45, 7) is 0.682. The van der Waals surface area contributed by atoms with Gasteiger partial charge in [0.25, 0.3) is 0 Å². The molecule has 8 heteroatoms. The number of amides is 2. The van der Waals surface area contributed by atoms with Gasteiger partial charge in [0, 0.05) is 12.6 Å². The number of esters is 1. The number of carbonyl (C=O) groups excluding carboxylic acids is 2. The number of benzene rings is 1. The Kier molecular flexibility index (Phi) is 5.68. The van der Waals surface area contributed by atoms with Gasteiger partial charge in [-0.05, 0) is 41.3 Å². The van der Waals surface area contributed by atoms with Crippen molar-refractivity contribution in [2.24, 2.45) is 0 Å². The van der Waals surface area contributed by atoms with Crippen LogP contribution in [0.1, 0.15) is 34.8 Å². The summed E-state index contributed by atoms with van der Waals surface area (Å²) >= 11 is 7.87. The Balaban J connectivity index is 1.82. The summed E-state index contributed by atoms with van der Waals surface area (Å²) in [5, 5.41) is 7.15. The second-order valence-corrected chi connectivity index (χ2v) is 7.05. The molecule has 1 N–H and O–H groups in total. The first kappa shape index (κ1) is 18.5. The molecule has 1 aliphatic rings. The van der Waals surface area contributed by atoms with Gasteiger partial charge in [-0.1, -0.05) is 11.6 Å². The van der Waals surface area contributed by atoms with Crippen LogP contribution in [0.15, 0.2) is 29.0 Å². The van der Waals surface area contributed by atoms with Gasteiger partial charge < -0.3 is 19.7 Å². The molecule has 138 valence electrons. The van der Waals surface area contributed by atoms with Crippen LogP contribution < -0.4 is 10.1 Å². The zero-order chi connectivity index (χ0) is 18.7. The molecule has 1 aromatic heterocycles. The molecule has 26 heavy (non-hydrogen) atoms. The maximum atomic E-state index is 12.8. The van der Waals surface area contributed by atoms with Crippen molar-refractivity contribution in [1.82, 2.24) is 4.90 Å². The number of thiophene rings is 1. The average Bonchev–Trinajstić information content (AvgIpc) is 3.33. The summed E-state index contributed by atoms with van der Waals surface area (Å²) in [5.41, 5.74) is 1.74. The fourth-order valence-corrected chi connectivity index (χ4v) is 4.01. The number of hydrogen-bond donors (Lipinski definition) is 1. The highest BCUT2D eigenvalue weighted by molar-refractivity contribution is 7.08. The van der Waals surface area contributed by atoms with Crippen LogP contribution in [-0.2, 0) is 4.74 Å². The molecule has 0 bridgehead atoms. The van der Waals surface area contributed by atoms with Crippen LogP contribution in [0.3, 0.4) is 0 Å². The van der Waals surface area contributed by atoms with E-state index in [1.54, 1.807) is 16.2 Å². The molecule has 1 fully saturated rings. The summed E-state index contributed by atoms with van der Waals surface area (Å²) in [4.78, 5) is 26.4. The third-order valence-electron chi connectivity index (χ3n) is 4.38. The molecule has 2 amide bonds. The topological polar surface area (TPSA) is 67.9 Å². The fraction of sp³-hybridized carbons (Fsp3) is 0.333. The number of halogens is 1. The maximum Gasteiger partial charge on any atom is 0.341 e. The highest BCUT2D eigenvalue weighted by Crippen LogP contribution is 2.35. The predicted molar refractivity (Wildman–Crippen MR) is 101 cm³/mol. The minimum Gasteiger partial charge on any atom is -0.496 e. The molecule has 3 rings (SSSR count). The number of methoxy groups -OCH3 is 2. The summed E-state index contributed by atoms with van der Waals surface area (Å²) in [6.07, 6.45) is 1.88. The first-order valence-corrected chi connectivity index (χ1v) is 9.42. The molecular formula is C18H19ClN2O4S. The summed E-state index contributed by atoms with van der Waals surface area (Å²) in [6, 6.07) is 4.84. The van der Waals surface area contributed by atoms with Crippen LogP contribution in [0.2, 0.25) is 5.02 Å². The third-order valence-corrected chi connectivity index (χ3v) is 5.39. The summed E-state index contributed by atoms with van der Waals surface area (Å²) < 4.78 is 9.95. The first-order valence-electron chi connectivity index (χ1n) is 8.10. The molecule has 0 unspecified atom stereocenters. The van der Waals surface area contributed by atoms with Crippen molar-refractivity contribution in [3.05, 3.63) is 45.1 Å². The summed E-state index contributed by atoms with van der Waals surface area (Å²) in [5.74, 6) is -0.272. The maximum absolute atomic E-state index is 12.8. The van der Waals surface area contributed by atoms with Crippen molar-refractivity contribution in [3.8, 4) is 5.75 Å². The predicted octanol–water partition coefficient (Wildman–Crippen LogP) is 4.57. The quantitative estimate of drug-likeness (QED) is 0.771. The van der Waals surface area contributed by atoms with E-state index in [0.29, 0.717) is 12.2 Å². The molecule has 2 heterocycles. The van der Waals surface area contributed by atoms with Crippen molar-refractivity contribution in [2.75, 3.05) is 26.1 Å². The monoisotopic (exact) mass is 394 g/mol. The van der Waals surface area contributed by atoms with Gasteiger partial charge in [0.15, 0.2) is 0 Å². The van der Waals surface area contributed by atoms with E-state index in [1.807, 2.05) is 11.4 Å². The van der Waals surface area contributed by atoms with Crippen LogP contribution >= 0.6 is 22.9 Å². The standard InChI is InChI=1S/C18H19ClN2O4S/c1-24-16-9-14(13(19)8-12(16)17(22)25-2)20-18(23)21-6-3-4-15(21)11-5-7-26-10-11/h5,7-10,15H,3-4,6H2,1-2H3,(H,20,23)/t15-/m1/s1. The Morgan fingerprint density at radius 1 is 1.35 bits per heavy atom. The van der Waals surface area contributed by atoms with Crippen molar-refractivity contribution in [3.63, 3.8) is 0 Å². The molecule has 0 spiro atoms. The molecule has 0 saturated carbocycles. The Morgan fingerprint density at radius 3 is 2.81 bits per heavy atom. The Labute approximate surface area is 160 Å². The minimum atomic E-state index is -0.557. The van der Waals surface area contributed by atoms with E-state index in [2.05, 4.69) is 10.7 Å². The number of anilines is 1. The molecule has 1 saturated heterocycles. The van der Waals surface area contributed by atoms with Crippen molar-refractivity contribution in [2.45, 2.75) is 18.9 Å². The van der Waals surface area contributed by atoms with Crippen LogP contribution in [0.4, 0.5) is 10.5 Å². The molecule has 1 aliphatic heterocycles. The van der Waals surface area contributed by atoms with Gasteiger partial charge in [-0.15, -0.1) is 0 Å². The van der Waals surface area contributed by atoms with E-state index >= 15 is 0 Å². The lowest BCUT2D eigenvalue weighted by atomic mass is 10.1. The second kappa shape index (κ2) is 7.97. The smallest absolute Gasteiger partial charge is 0.341 e. The lowest BCUT2D eigenvalue weighted by Gasteiger charge is -2.25. The third kappa shape index (κ3) is 3.64. The number of hydrogen-bond acceptors (Lipinski definition) is 5. The largest absolute Gasteiger partial charge is 0.496 e. The number of rotatable bonds is 4. The van der Waals surface area contributed by atoms with Gasteiger partial charge in [-0.25, -0.2) is 9.59 Å². The van der Waals surface area contributed by atoms with E-state index < -0.39 is 5.97 Å². The Bertz CT molecular complexity index is 810. The number of ether oxygens (including phenoxy) is 2. The number of likely N-dealkylation sites (tertiary alicyclic amines) is 1. The van der Waals surface area contributed by atoms with Gasteiger partial charge in [0.1, 0.15) is 11.3 Å². The number of carbonyl (C=O) groups is 2. The highest BCUT2D eigenvalue weighted by Gasteiger charge is 2.30. The van der Waals surface area contributed by atoms with Crippen LogP contribution in [0.25, 0.3) is 0 Å². The van der Waals surface area contributed by atoms with E-state index in [4.69, 9.17) is 21.1 Å². The van der Waals surface area contributed by atoms with Gasteiger partial charge in [-0.3, -0.25) is 0 Å². The molecule has 2 aromatic rings. The van der Waals surface area contributed by atoms with Crippen molar-refractivity contribution in [1.29, 1.82) is 0 Å². The summed E-state index contributed by atoms with van der Waals surface area (Å²) in [7, 11) is 2.72. The SMILES string of the molecule is COC(=O)c1cc(Cl)c(NC(=O)N2CCC[C@@H]2c2ccsc2)cc1OC. The molecule has 0 radical (unpaired) electrons. The van der Waals surface area contributed by atoms with E-state index in [-0.39, 0.29) is 28.4 Å². The molecule has 1 aromatic carbocycles. The lowest BCUT2D eigenvalue weighted by Crippen LogP contribution is -2.34. The minimum absolute atomic E-state index is 0.0660. The van der Waals surface area contributed by atoms with Gasteiger partial charge in [0.05, 0.1) is 31.0 Å². The van der Waals surface area contributed by atoms with E-state index in [1.165, 1.54) is 26.4 Å². The van der Waals surface area contributed by atoms with Crippen molar-refractivity contribution >= 4 is 40.6 Å². The van der Waals surface area contributed by atoms with Gasteiger partial charge >= 0.3 is 12.0 Å². The zero-order valence-electron chi connectivity index (χ0n) is 14.5. The molecule has 6 nitrogen and oxygen atoms in total. The second-order valence-electron chi connectivity index (χ2n) is 5.86. The molecular weight excluding hydrogens is 376 g/mol. The molecule has 0 aliphatic carbocycles.